The molecule has 0 fully saturated rings. The van der Waals surface area contributed by atoms with Gasteiger partial charge in [-0.15, -0.1) is 0 Å². The number of aryl methyl sites for hydroxylation is 1. The van der Waals surface area contributed by atoms with Gasteiger partial charge in [-0.1, -0.05) is 0 Å². The second kappa shape index (κ2) is 4.39. The van der Waals surface area contributed by atoms with Crippen molar-refractivity contribution in [1.82, 2.24) is 9.55 Å². The van der Waals surface area contributed by atoms with Crippen LogP contribution in [-0.2, 0) is 18.2 Å². The Morgan fingerprint density at radius 1 is 1.69 bits per heavy atom. The Hall–Kier alpha value is -0.870. The summed E-state index contributed by atoms with van der Waals surface area (Å²) in [7, 11) is 3.63. The number of methoxy groups -OCH3 is 1. The number of nitrogens with zero attached hydrogens (tertiary/aromatic N) is 2. The minimum Gasteiger partial charge on any atom is -0.380 e. The van der Waals surface area contributed by atoms with Crippen LogP contribution in [0.5, 0.6) is 0 Å². The van der Waals surface area contributed by atoms with Gasteiger partial charge in [-0.05, 0) is 6.92 Å². The molecule has 1 aromatic rings. The maximum atomic E-state index is 5.91. The minimum absolute atomic E-state index is 0.00565. The fraction of sp³-hybridized carbons (Fsp3) is 0.667. The van der Waals surface area contributed by atoms with Crippen molar-refractivity contribution >= 4 is 0 Å². The van der Waals surface area contributed by atoms with E-state index in [0.717, 1.165) is 12.2 Å². The Morgan fingerprint density at radius 3 is 2.85 bits per heavy atom. The third-order valence-electron chi connectivity index (χ3n) is 2.31. The zero-order valence-electron chi connectivity index (χ0n) is 8.40. The van der Waals surface area contributed by atoms with Crippen molar-refractivity contribution in [3.63, 3.8) is 0 Å². The zero-order valence-corrected chi connectivity index (χ0v) is 8.40. The van der Waals surface area contributed by atoms with Crippen LogP contribution in [0.25, 0.3) is 0 Å². The van der Waals surface area contributed by atoms with Gasteiger partial charge >= 0.3 is 0 Å². The second-order valence-corrected chi connectivity index (χ2v) is 3.26. The van der Waals surface area contributed by atoms with Gasteiger partial charge in [0, 0.05) is 39.0 Å². The van der Waals surface area contributed by atoms with E-state index in [-0.39, 0.29) is 12.1 Å². The number of ether oxygens (including phenoxy) is 1. The highest BCUT2D eigenvalue weighted by atomic mass is 16.5. The molecule has 0 spiro atoms. The lowest BCUT2D eigenvalue weighted by molar-refractivity contribution is 0.0948. The summed E-state index contributed by atoms with van der Waals surface area (Å²) in [6.07, 6.45) is 4.51. The van der Waals surface area contributed by atoms with Crippen LogP contribution < -0.4 is 5.73 Å². The monoisotopic (exact) mass is 183 g/mol. The Morgan fingerprint density at radius 2 is 2.38 bits per heavy atom. The average molecular weight is 183 g/mol. The molecule has 0 radical (unpaired) electrons. The summed E-state index contributed by atoms with van der Waals surface area (Å²) >= 11 is 0. The smallest absolute Gasteiger partial charge is 0.110 e. The summed E-state index contributed by atoms with van der Waals surface area (Å²) in [5.74, 6) is 0.997. The van der Waals surface area contributed by atoms with Crippen LogP contribution in [0.2, 0.25) is 0 Å². The van der Waals surface area contributed by atoms with Gasteiger partial charge in [0.15, 0.2) is 0 Å². The summed E-state index contributed by atoms with van der Waals surface area (Å²) in [5, 5.41) is 0. The third kappa shape index (κ3) is 2.54. The van der Waals surface area contributed by atoms with Gasteiger partial charge in [-0.3, -0.25) is 0 Å². The highest BCUT2D eigenvalue weighted by molar-refractivity contribution is 4.95. The van der Waals surface area contributed by atoms with Crippen LogP contribution in [0.1, 0.15) is 12.7 Å². The molecule has 2 atom stereocenters. The highest BCUT2D eigenvalue weighted by Crippen LogP contribution is 2.03. The number of nitrogens with two attached hydrogens (primary N) is 1. The molecule has 0 aliphatic rings. The summed E-state index contributed by atoms with van der Waals surface area (Å²) < 4.78 is 7.11. The van der Waals surface area contributed by atoms with Gasteiger partial charge in [0.05, 0.1) is 6.10 Å². The standard InChI is InChI=1S/C9H17N3O/c1-7(13-3)8(10)6-9-11-4-5-12(9)2/h4-5,7-8H,6,10H2,1-3H3. The first-order chi connectivity index (χ1) is 6.15. The summed E-state index contributed by atoms with van der Waals surface area (Å²) in [6.45, 7) is 1.97. The number of aromatic nitrogens is 2. The predicted octanol–water partition coefficient (Wildman–Crippen LogP) is 0.325. The Balaban J connectivity index is 2.54. The molecule has 0 saturated carbocycles. The fourth-order valence-corrected chi connectivity index (χ4v) is 1.14. The lowest BCUT2D eigenvalue weighted by Crippen LogP contribution is -2.36. The van der Waals surface area contributed by atoms with E-state index in [4.69, 9.17) is 10.5 Å². The first-order valence-electron chi connectivity index (χ1n) is 4.39. The zero-order chi connectivity index (χ0) is 9.84. The van der Waals surface area contributed by atoms with Gasteiger partial charge in [-0.2, -0.15) is 0 Å². The van der Waals surface area contributed by atoms with Crippen molar-refractivity contribution in [1.29, 1.82) is 0 Å². The molecule has 74 valence electrons. The van der Waals surface area contributed by atoms with Crippen LogP contribution in [0, 0.1) is 0 Å². The van der Waals surface area contributed by atoms with Crippen LogP contribution in [-0.4, -0.2) is 28.8 Å². The molecule has 0 aliphatic heterocycles. The van der Waals surface area contributed by atoms with E-state index in [0.29, 0.717) is 0 Å². The number of rotatable bonds is 4. The molecule has 0 aromatic carbocycles. The van der Waals surface area contributed by atoms with Crippen LogP contribution in [0.15, 0.2) is 12.4 Å². The third-order valence-corrected chi connectivity index (χ3v) is 2.31. The lowest BCUT2D eigenvalue weighted by atomic mass is 10.1. The fourth-order valence-electron chi connectivity index (χ4n) is 1.14. The number of hydrogen-bond donors (Lipinski definition) is 1. The summed E-state index contributed by atoms with van der Waals surface area (Å²) in [4.78, 5) is 4.20. The quantitative estimate of drug-likeness (QED) is 0.731. The molecule has 2 N–H and O–H groups in total. The topological polar surface area (TPSA) is 53.1 Å². The van der Waals surface area contributed by atoms with Crippen molar-refractivity contribution in [2.75, 3.05) is 7.11 Å². The van der Waals surface area contributed by atoms with Gasteiger partial charge in [0.2, 0.25) is 0 Å². The minimum atomic E-state index is 0.00565. The average Bonchev–Trinajstić information content (AvgIpc) is 2.50. The summed E-state index contributed by atoms with van der Waals surface area (Å²) in [6, 6.07) is 0.00565. The van der Waals surface area contributed by atoms with Gasteiger partial charge < -0.3 is 15.0 Å². The second-order valence-electron chi connectivity index (χ2n) is 3.26. The first kappa shape index (κ1) is 10.2. The Bertz CT molecular complexity index is 259. The molecule has 4 heteroatoms. The van der Waals surface area contributed by atoms with Crippen molar-refractivity contribution < 1.29 is 4.74 Å². The molecule has 2 unspecified atom stereocenters. The number of imidazole rings is 1. The van der Waals surface area contributed by atoms with E-state index in [1.165, 1.54) is 0 Å². The van der Waals surface area contributed by atoms with Crippen molar-refractivity contribution in [2.24, 2.45) is 12.8 Å². The van der Waals surface area contributed by atoms with E-state index < -0.39 is 0 Å². The van der Waals surface area contributed by atoms with Crippen molar-refractivity contribution in [3.8, 4) is 0 Å². The molecule has 1 rings (SSSR count). The molecule has 1 aromatic heterocycles. The van der Waals surface area contributed by atoms with Gasteiger partial charge in [0.1, 0.15) is 5.82 Å². The maximum Gasteiger partial charge on any atom is 0.110 e. The van der Waals surface area contributed by atoms with E-state index in [1.54, 1.807) is 13.3 Å². The molecule has 0 bridgehead atoms. The number of hydrogen-bond acceptors (Lipinski definition) is 3. The van der Waals surface area contributed by atoms with Gasteiger partial charge in [0.25, 0.3) is 0 Å². The van der Waals surface area contributed by atoms with Gasteiger partial charge in [-0.25, -0.2) is 4.98 Å². The van der Waals surface area contributed by atoms with E-state index in [2.05, 4.69) is 4.98 Å². The molecule has 0 aliphatic carbocycles. The Labute approximate surface area is 78.7 Å². The lowest BCUT2D eigenvalue weighted by Gasteiger charge is -2.17. The van der Waals surface area contributed by atoms with Crippen LogP contribution >= 0.6 is 0 Å². The van der Waals surface area contributed by atoms with Crippen LogP contribution in [0.3, 0.4) is 0 Å². The Kier molecular flexibility index (Phi) is 3.45. The molecule has 4 nitrogen and oxygen atoms in total. The normalized spacial score (nSPS) is 15.7. The first-order valence-corrected chi connectivity index (χ1v) is 4.39. The van der Waals surface area contributed by atoms with E-state index in [1.807, 2.05) is 24.7 Å². The van der Waals surface area contributed by atoms with E-state index in [9.17, 15) is 0 Å². The maximum absolute atomic E-state index is 5.91. The van der Waals surface area contributed by atoms with Crippen molar-refractivity contribution in [2.45, 2.75) is 25.5 Å². The molecule has 0 amide bonds. The van der Waals surface area contributed by atoms with E-state index >= 15 is 0 Å². The molecule has 0 saturated heterocycles. The largest absolute Gasteiger partial charge is 0.380 e. The molecular formula is C9H17N3O. The molecule has 1 heterocycles. The molecular weight excluding hydrogens is 166 g/mol. The molecule has 13 heavy (non-hydrogen) atoms. The highest BCUT2D eigenvalue weighted by Gasteiger charge is 2.14. The van der Waals surface area contributed by atoms with Crippen molar-refractivity contribution in [3.05, 3.63) is 18.2 Å². The summed E-state index contributed by atoms with van der Waals surface area (Å²) in [5.41, 5.74) is 5.91. The SMILES string of the molecule is COC(C)C(N)Cc1nccn1C. The van der Waals surface area contributed by atoms with Crippen LogP contribution in [0.4, 0.5) is 0 Å². The predicted molar refractivity (Wildman–Crippen MR) is 51.4 cm³/mol.